The van der Waals surface area contributed by atoms with Crippen LogP contribution in [0.5, 0.6) is 0 Å². The summed E-state index contributed by atoms with van der Waals surface area (Å²) in [4.78, 5) is 22.0. The second-order valence-corrected chi connectivity index (χ2v) is 8.00. The van der Waals surface area contributed by atoms with Crippen molar-refractivity contribution in [2.24, 2.45) is 16.8 Å². The first-order valence-corrected chi connectivity index (χ1v) is 11.7. The van der Waals surface area contributed by atoms with Gasteiger partial charge in [0.1, 0.15) is 0 Å². The van der Waals surface area contributed by atoms with Crippen molar-refractivity contribution in [3.63, 3.8) is 0 Å². The van der Waals surface area contributed by atoms with Crippen LogP contribution < -0.4 is 5.32 Å². The molecule has 0 aromatic heterocycles. The molecule has 0 aliphatic carbocycles. The Balaban J connectivity index is 0.00000450. The van der Waals surface area contributed by atoms with Gasteiger partial charge in [-0.3, -0.25) is 14.7 Å². The fourth-order valence-corrected chi connectivity index (χ4v) is 4.50. The molecular weight excluding hydrogens is 495 g/mol. The Morgan fingerprint density at radius 3 is 2.27 bits per heavy atom. The lowest BCUT2D eigenvalue weighted by molar-refractivity contribution is -0.149. The van der Waals surface area contributed by atoms with Gasteiger partial charge in [0.05, 0.1) is 32.3 Å². The minimum Gasteiger partial charge on any atom is -0.466 e. The number of carbonyl (C=O) groups is 1. The third kappa shape index (κ3) is 8.15. The zero-order chi connectivity index (χ0) is 21.1. The summed E-state index contributed by atoms with van der Waals surface area (Å²) in [6, 6.07) is 0.458. The molecule has 2 fully saturated rings. The van der Waals surface area contributed by atoms with E-state index in [0.29, 0.717) is 18.6 Å². The van der Waals surface area contributed by atoms with Crippen LogP contribution in [0, 0.1) is 11.8 Å². The largest absolute Gasteiger partial charge is 0.466 e. The normalized spacial score (nSPS) is 20.0. The van der Waals surface area contributed by atoms with Crippen LogP contribution in [0.3, 0.4) is 0 Å². The molecule has 176 valence electrons. The van der Waals surface area contributed by atoms with Crippen LogP contribution in [0.1, 0.15) is 53.4 Å². The predicted octanol–water partition coefficient (Wildman–Crippen LogP) is 2.98. The summed E-state index contributed by atoms with van der Waals surface area (Å²) in [5.41, 5.74) is 0. The number of esters is 1. The number of aliphatic imine (C=N–C) groups is 1. The van der Waals surface area contributed by atoms with Crippen LogP contribution in [0.15, 0.2) is 4.99 Å². The highest BCUT2D eigenvalue weighted by molar-refractivity contribution is 14.0. The van der Waals surface area contributed by atoms with E-state index in [-0.39, 0.29) is 35.9 Å². The molecule has 0 amide bonds. The van der Waals surface area contributed by atoms with Gasteiger partial charge < -0.3 is 19.7 Å². The van der Waals surface area contributed by atoms with Gasteiger partial charge in [-0.15, -0.1) is 24.0 Å². The predicted molar refractivity (Wildman–Crippen MR) is 133 cm³/mol. The van der Waals surface area contributed by atoms with Crippen LogP contribution in [-0.2, 0) is 14.3 Å². The van der Waals surface area contributed by atoms with Crippen molar-refractivity contribution in [2.75, 3.05) is 59.1 Å². The number of nitrogens with zero attached hydrogens (tertiary/aromatic N) is 3. The van der Waals surface area contributed by atoms with E-state index < -0.39 is 0 Å². The summed E-state index contributed by atoms with van der Waals surface area (Å²) >= 11 is 0. The van der Waals surface area contributed by atoms with Gasteiger partial charge in [0, 0.05) is 38.8 Å². The minimum absolute atomic E-state index is 0. The molecule has 2 aliphatic heterocycles. The summed E-state index contributed by atoms with van der Waals surface area (Å²) < 4.78 is 10.8. The lowest BCUT2D eigenvalue weighted by Crippen LogP contribution is -2.50. The number of ether oxygens (including phenoxy) is 2. The molecular formula is C22H43IN4O3. The topological polar surface area (TPSA) is 66.4 Å². The van der Waals surface area contributed by atoms with Crippen molar-refractivity contribution in [1.82, 2.24) is 15.1 Å². The van der Waals surface area contributed by atoms with Crippen LogP contribution in [0.2, 0.25) is 0 Å². The summed E-state index contributed by atoms with van der Waals surface area (Å²) in [6.45, 7) is 16.0. The van der Waals surface area contributed by atoms with E-state index in [2.05, 4.69) is 35.9 Å². The molecule has 0 aromatic carbocycles. The van der Waals surface area contributed by atoms with E-state index in [0.717, 1.165) is 71.3 Å². The Hall–Kier alpha value is -0.610. The number of likely N-dealkylation sites (tertiary alicyclic amines) is 1. The monoisotopic (exact) mass is 538 g/mol. The molecule has 1 unspecified atom stereocenters. The van der Waals surface area contributed by atoms with Crippen molar-refractivity contribution in [1.29, 1.82) is 0 Å². The molecule has 8 heteroatoms. The first-order chi connectivity index (χ1) is 14.1. The molecule has 0 radical (unpaired) electrons. The Morgan fingerprint density at radius 2 is 1.73 bits per heavy atom. The van der Waals surface area contributed by atoms with E-state index in [1.807, 2.05) is 6.92 Å². The average molecular weight is 539 g/mol. The van der Waals surface area contributed by atoms with Gasteiger partial charge >= 0.3 is 5.97 Å². The van der Waals surface area contributed by atoms with Gasteiger partial charge in [0.25, 0.3) is 0 Å². The van der Waals surface area contributed by atoms with Crippen LogP contribution >= 0.6 is 24.0 Å². The molecule has 1 N–H and O–H groups in total. The van der Waals surface area contributed by atoms with Gasteiger partial charge in [-0.25, -0.2) is 0 Å². The molecule has 0 bridgehead atoms. The van der Waals surface area contributed by atoms with Gasteiger partial charge in [-0.1, -0.05) is 26.7 Å². The zero-order valence-corrected chi connectivity index (χ0v) is 21.7. The number of halogens is 1. The van der Waals surface area contributed by atoms with Gasteiger partial charge in [-0.05, 0) is 32.6 Å². The minimum atomic E-state index is -0.0461. The Morgan fingerprint density at radius 1 is 1.10 bits per heavy atom. The standard InChI is InChI=1S/C22H42N4O3.HI/c1-5-18(6-2)20(25-13-15-28-16-14-25)17-24-22(23-7-3)26-11-9-19(10-12-26)21(27)29-8-4;/h18-20H,5-17H2,1-4H3,(H,23,24);1H. The number of morpholine rings is 1. The van der Waals surface area contributed by atoms with Crippen molar-refractivity contribution in [2.45, 2.75) is 59.4 Å². The number of rotatable bonds is 9. The second kappa shape index (κ2) is 15.2. The summed E-state index contributed by atoms with van der Waals surface area (Å²) in [5.74, 6) is 1.61. The third-order valence-corrected chi connectivity index (χ3v) is 6.29. The maximum Gasteiger partial charge on any atom is 0.309 e. The molecule has 2 aliphatic rings. The van der Waals surface area contributed by atoms with E-state index >= 15 is 0 Å². The molecule has 2 saturated heterocycles. The summed E-state index contributed by atoms with van der Waals surface area (Å²) in [7, 11) is 0. The van der Waals surface area contributed by atoms with Crippen LogP contribution in [-0.4, -0.2) is 86.9 Å². The van der Waals surface area contributed by atoms with E-state index in [1.165, 1.54) is 12.8 Å². The molecule has 0 spiro atoms. The number of carbonyl (C=O) groups excluding carboxylic acids is 1. The second-order valence-electron chi connectivity index (χ2n) is 8.00. The average Bonchev–Trinajstić information content (AvgIpc) is 2.76. The SMILES string of the molecule is CCNC(=NCC(C(CC)CC)N1CCOCC1)N1CCC(C(=O)OCC)CC1.I. The highest BCUT2D eigenvalue weighted by Crippen LogP contribution is 2.22. The molecule has 2 heterocycles. The summed E-state index contributed by atoms with van der Waals surface area (Å²) in [5, 5.41) is 3.47. The molecule has 1 atom stereocenters. The molecule has 30 heavy (non-hydrogen) atoms. The van der Waals surface area contributed by atoms with Crippen molar-refractivity contribution in [3.05, 3.63) is 0 Å². The maximum atomic E-state index is 12.0. The highest BCUT2D eigenvalue weighted by atomic mass is 127. The number of hydrogen-bond donors (Lipinski definition) is 1. The fourth-order valence-electron chi connectivity index (χ4n) is 4.50. The summed E-state index contributed by atoms with van der Waals surface area (Å²) in [6.07, 6.45) is 4.02. The Kier molecular flexibility index (Phi) is 13.9. The lowest BCUT2D eigenvalue weighted by atomic mass is 9.92. The van der Waals surface area contributed by atoms with E-state index in [4.69, 9.17) is 14.5 Å². The molecule has 0 saturated carbocycles. The van der Waals surface area contributed by atoms with Crippen molar-refractivity contribution in [3.8, 4) is 0 Å². The van der Waals surface area contributed by atoms with Gasteiger partial charge in [0.2, 0.25) is 0 Å². The van der Waals surface area contributed by atoms with Crippen LogP contribution in [0.4, 0.5) is 0 Å². The third-order valence-electron chi connectivity index (χ3n) is 6.29. The number of hydrogen-bond acceptors (Lipinski definition) is 5. The number of nitrogens with one attached hydrogen (secondary N) is 1. The molecule has 7 nitrogen and oxygen atoms in total. The van der Waals surface area contributed by atoms with E-state index in [9.17, 15) is 4.79 Å². The first kappa shape index (κ1) is 27.4. The smallest absolute Gasteiger partial charge is 0.309 e. The van der Waals surface area contributed by atoms with Crippen LogP contribution in [0.25, 0.3) is 0 Å². The Labute approximate surface area is 200 Å². The number of piperidine rings is 1. The maximum absolute atomic E-state index is 12.0. The highest BCUT2D eigenvalue weighted by Gasteiger charge is 2.29. The molecule has 0 aromatic rings. The fraction of sp³-hybridized carbons (Fsp3) is 0.909. The molecule has 2 rings (SSSR count). The first-order valence-electron chi connectivity index (χ1n) is 11.7. The number of guanidine groups is 1. The Bertz CT molecular complexity index is 503. The lowest BCUT2D eigenvalue weighted by Gasteiger charge is -2.38. The zero-order valence-electron chi connectivity index (χ0n) is 19.4. The van der Waals surface area contributed by atoms with E-state index in [1.54, 1.807) is 0 Å². The van der Waals surface area contributed by atoms with Crippen molar-refractivity contribution < 1.29 is 14.3 Å². The quantitative estimate of drug-likeness (QED) is 0.211. The van der Waals surface area contributed by atoms with Crippen molar-refractivity contribution >= 4 is 35.9 Å². The van der Waals surface area contributed by atoms with Gasteiger partial charge in [-0.2, -0.15) is 0 Å². The van der Waals surface area contributed by atoms with Gasteiger partial charge in [0.15, 0.2) is 5.96 Å².